The maximum atomic E-state index is 12.4. The molecule has 142 valence electrons. The fourth-order valence-corrected chi connectivity index (χ4v) is 3.97. The number of nitrogens with two attached hydrogens (primary N) is 1. The summed E-state index contributed by atoms with van der Waals surface area (Å²) < 4.78 is 0. The molecule has 26 heavy (non-hydrogen) atoms. The van der Waals surface area contributed by atoms with Gasteiger partial charge in [-0.3, -0.25) is 14.5 Å². The first-order valence-electron chi connectivity index (χ1n) is 9.82. The van der Waals surface area contributed by atoms with Crippen LogP contribution in [0.25, 0.3) is 0 Å². The number of hydrogen-bond donors (Lipinski definition) is 2. The molecular weight excluding hydrogens is 328 g/mol. The van der Waals surface area contributed by atoms with Crippen LogP contribution in [0.3, 0.4) is 0 Å². The van der Waals surface area contributed by atoms with Crippen molar-refractivity contribution in [2.75, 3.05) is 36.4 Å². The fourth-order valence-electron chi connectivity index (χ4n) is 3.97. The van der Waals surface area contributed by atoms with Gasteiger partial charge in [-0.15, -0.1) is 0 Å². The standard InChI is InChI=1S/C20H30N4O2/c21-20(26)18-7-3-6-14-24(18)15-19(25)22-16-8-10-17(11-9-16)23-12-4-1-2-5-13-23/h8-11,18H,1-7,12-15H2,(H2,21,26)(H,22,25)/t18-/m1/s1. The van der Waals surface area contributed by atoms with Gasteiger partial charge in [-0.2, -0.15) is 0 Å². The molecule has 0 radical (unpaired) electrons. The van der Waals surface area contributed by atoms with Crippen molar-refractivity contribution < 1.29 is 9.59 Å². The molecule has 0 saturated carbocycles. The molecule has 2 aliphatic rings. The number of likely N-dealkylation sites (tertiary alicyclic amines) is 1. The summed E-state index contributed by atoms with van der Waals surface area (Å²) in [6.07, 6.45) is 7.85. The number of nitrogens with one attached hydrogen (secondary N) is 1. The van der Waals surface area contributed by atoms with Crippen LogP contribution in [0.2, 0.25) is 0 Å². The summed E-state index contributed by atoms with van der Waals surface area (Å²) in [4.78, 5) is 28.2. The first-order valence-corrected chi connectivity index (χ1v) is 9.82. The quantitative estimate of drug-likeness (QED) is 0.847. The number of nitrogens with zero attached hydrogens (tertiary/aromatic N) is 2. The van der Waals surface area contributed by atoms with Gasteiger partial charge in [0.05, 0.1) is 12.6 Å². The Morgan fingerprint density at radius 2 is 1.62 bits per heavy atom. The zero-order chi connectivity index (χ0) is 18.4. The molecule has 0 spiro atoms. The highest BCUT2D eigenvalue weighted by Crippen LogP contribution is 2.22. The van der Waals surface area contributed by atoms with Gasteiger partial charge in [0.15, 0.2) is 0 Å². The van der Waals surface area contributed by atoms with Gasteiger partial charge >= 0.3 is 0 Å². The van der Waals surface area contributed by atoms with Crippen LogP contribution in [0.15, 0.2) is 24.3 Å². The fraction of sp³-hybridized carbons (Fsp3) is 0.600. The van der Waals surface area contributed by atoms with Crippen LogP contribution in [-0.4, -0.2) is 48.9 Å². The van der Waals surface area contributed by atoms with Gasteiger partial charge in [0, 0.05) is 24.5 Å². The maximum absolute atomic E-state index is 12.4. The van der Waals surface area contributed by atoms with Gasteiger partial charge in [0.1, 0.15) is 0 Å². The SMILES string of the molecule is NC(=O)[C@H]1CCCCN1CC(=O)Nc1ccc(N2CCCCCC2)cc1. The molecule has 3 rings (SSSR count). The Labute approximate surface area is 155 Å². The molecule has 2 saturated heterocycles. The third-order valence-corrected chi connectivity index (χ3v) is 5.41. The van der Waals surface area contributed by atoms with E-state index in [1.807, 2.05) is 17.0 Å². The molecule has 1 aromatic carbocycles. The summed E-state index contributed by atoms with van der Waals surface area (Å²) in [7, 11) is 0. The molecular formula is C20H30N4O2. The molecule has 0 aliphatic carbocycles. The molecule has 2 fully saturated rings. The van der Waals surface area contributed by atoms with Crippen molar-refractivity contribution in [3.05, 3.63) is 24.3 Å². The smallest absolute Gasteiger partial charge is 0.238 e. The normalized spacial score (nSPS) is 21.8. The number of primary amides is 1. The largest absolute Gasteiger partial charge is 0.372 e. The number of benzene rings is 1. The van der Waals surface area contributed by atoms with Crippen molar-refractivity contribution in [2.45, 2.75) is 51.0 Å². The van der Waals surface area contributed by atoms with Crippen molar-refractivity contribution in [3.8, 4) is 0 Å². The summed E-state index contributed by atoms with van der Waals surface area (Å²) in [6, 6.07) is 7.75. The lowest BCUT2D eigenvalue weighted by molar-refractivity contribution is -0.126. The molecule has 2 aliphatic heterocycles. The summed E-state index contributed by atoms with van der Waals surface area (Å²) in [6.45, 7) is 3.17. The molecule has 1 atom stereocenters. The maximum Gasteiger partial charge on any atom is 0.238 e. The van der Waals surface area contributed by atoms with Gasteiger partial charge in [0.2, 0.25) is 11.8 Å². The second kappa shape index (κ2) is 9.03. The molecule has 2 amide bonds. The van der Waals surface area contributed by atoms with E-state index in [-0.39, 0.29) is 24.4 Å². The number of rotatable bonds is 5. The number of carbonyl (C=O) groups excluding carboxylic acids is 2. The monoisotopic (exact) mass is 358 g/mol. The van der Waals surface area contributed by atoms with Crippen LogP contribution < -0.4 is 16.0 Å². The second-order valence-corrected chi connectivity index (χ2v) is 7.38. The molecule has 0 bridgehead atoms. The van der Waals surface area contributed by atoms with E-state index in [4.69, 9.17) is 5.73 Å². The molecule has 0 unspecified atom stereocenters. The lowest BCUT2D eigenvalue weighted by Gasteiger charge is -2.32. The van der Waals surface area contributed by atoms with Crippen LogP contribution >= 0.6 is 0 Å². The van der Waals surface area contributed by atoms with Crippen LogP contribution in [0.5, 0.6) is 0 Å². The van der Waals surface area contributed by atoms with Gasteiger partial charge in [0.25, 0.3) is 0 Å². The van der Waals surface area contributed by atoms with Crippen molar-refractivity contribution >= 4 is 23.2 Å². The highest BCUT2D eigenvalue weighted by molar-refractivity contribution is 5.93. The zero-order valence-electron chi connectivity index (χ0n) is 15.5. The number of hydrogen-bond acceptors (Lipinski definition) is 4. The zero-order valence-corrected chi connectivity index (χ0v) is 15.5. The molecule has 6 nitrogen and oxygen atoms in total. The van der Waals surface area contributed by atoms with Crippen molar-refractivity contribution in [3.63, 3.8) is 0 Å². The molecule has 1 aromatic rings. The number of anilines is 2. The van der Waals surface area contributed by atoms with Gasteiger partial charge in [-0.1, -0.05) is 19.3 Å². The van der Waals surface area contributed by atoms with Crippen LogP contribution in [0.1, 0.15) is 44.9 Å². The number of amides is 2. The van der Waals surface area contributed by atoms with E-state index in [0.29, 0.717) is 0 Å². The molecule has 3 N–H and O–H groups in total. The summed E-state index contributed by atoms with van der Waals surface area (Å²) >= 11 is 0. The number of carbonyl (C=O) groups is 2. The number of piperidine rings is 1. The highest BCUT2D eigenvalue weighted by Gasteiger charge is 2.28. The Bertz CT molecular complexity index is 609. The molecule has 0 aromatic heterocycles. The Morgan fingerprint density at radius 3 is 2.27 bits per heavy atom. The Morgan fingerprint density at radius 1 is 0.962 bits per heavy atom. The van der Waals surface area contributed by atoms with E-state index >= 15 is 0 Å². The van der Waals surface area contributed by atoms with E-state index in [0.717, 1.165) is 44.6 Å². The Balaban J connectivity index is 1.54. The van der Waals surface area contributed by atoms with Crippen LogP contribution in [0, 0.1) is 0 Å². The van der Waals surface area contributed by atoms with Crippen molar-refractivity contribution in [1.82, 2.24) is 4.90 Å². The van der Waals surface area contributed by atoms with E-state index in [9.17, 15) is 9.59 Å². The predicted molar refractivity (Wildman–Crippen MR) is 104 cm³/mol. The molecule has 2 heterocycles. The van der Waals surface area contributed by atoms with Crippen LogP contribution in [0.4, 0.5) is 11.4 Å². The highest BCUT2D eigenvalue weighted by atomic mass is 16.2. The topological polar surface area (TPSA) is 78.7 Å². The van der Waals surface area contributed by atoms with E-state index in [1.165, 1.54) is 31.4 Å². The second-order valence-electron chi connectivity index (χ2n) is 7.38. The summed E-state index contributed by atoms with van der Waals surface area (Å²) in [5.41, 5.74) is 7.48. The minimum atomic E-state index is -0.334. The van der Waals surface area contributed by atoms with Crippen LogP contribution in [-0.2, 0) is 9.59 Å². The van der Waals surface area contributed by atoms with E-state index < -0.39 is 0 Å². The lowest BCUT2D eigenvalue weighted by Crippen LogP contribution is -2.50. The Kier molecular flexibility index (Phi) is 6.50. The van der Waals surface area contributed by atoms with Gasteiger partial charge < -0.3 is 16.0 Å². The first kappa shape index (κ1) is 18.7. The minimum Gasteiger partial charge on any atom is -0.372 e. The van der Waals surface area contributed by atoms with E-state index in [1.54, 1.807) is 0 Å². The summed E-state index contributed by atoms with van der Waals surface area (Å²) in [5.74, 6) is -0.431. The minimum absolute atomic E-state index is 0.0966. The van der Waals surface area contributed by atoms with Gasteiger partial charge in [-0.05, 0) is 56.5 Å². The lowest BCUT2D eigenvalue weighted by atomic mass is 10.0. The average molecular weight is 358 g/mol. The average Bonchev–Trinajstić information content (AvgIpc) is 2.92. The summed E-state index contributed by atoms with van der Waals surface area (Å²) in [5, 5.41) is 2.94. The van der Waals surface area contributed by atoms with Crippen molar-refractivity contribution in [2.24, 2.45) is 5.73 Å². The third-order valence-electron chi connectivity index (χ3n) is 5.41. The van der Waals surface area contributed by atoms with E-state index in [2.05, 4.69) is 22.3 Å². The third kappa shape index (κ3) is 4.97. The molecule has 6 heteroatoms. The van der Waals surface area contributed by atoms with Gasteiger partial charge in [-0.25, -0.2) is 0 Å². The Hall–Kier alpha value is -2.08. The van der Waals surface area contributed by atoms with Crippen molar-refractivity contribution in [1.29, 1.82) is 0 Å². The predicted octanol–water partition coefficient (Wildman–Crippen LogP) is 2.35. The first-order chi connectivity index (χ1) is 12.6.